The van der Waals surface area contributed by atoms with E-state index >= 15 is 0 Å². The Morgan fingerprint density at radius 3 is 2.71 bits per heavy atom. The van der Waals surface area contributed by atoms with Gasteiger partial charge in [-0.3, -0.25) is 19.7 Å². The van der Waals surface area contributed by atoms with Gasteiger partial charge < -0.3 is 4.42 Å². The van der Waals surface area contributed by atoms with Gasteiger partial charge in [0, 0.05) is 11.6 Å². The Morgan fingerprint density at radius 2 is 2.00 bits per heavy atom. The SMILES string of the molecule is C[C@@H]1N=C(c2ccccc2[N+](=O)[O-])c2cc(C3(C)CCC3)ccc2-n2cnc(-c3cnco3)c21. The van der Waals surface area contributed by atoms with Crippen molar-refractivity contribution in [3.8, 4) is 17.1 Å². The predicted molar refractivity (Wildman–Crippen MR) is 127 cm³/mol. The van der Waals surface area contributed by atoms with Crippen molar-refractivity contribution in [2.75, 3.05) is 0 Å². The third-order valence-corrected chi connectivity index (χ3v) is 7.21. The number of oxazole rings is 1. The first kappa shape index (κ1) is 20.5. The smallest absolute Gasteiger partial charge is 0.278 e. The van der Waals surface area contributed by atoms with Gasteiger partial charge in [-0.25, -0.2) is 9.97 Å². The van der Waals surface area contributed by atoms with Crippen molar-refractivity contribution >= 4 is 11.4 Å². The van der Waals surface area contributed by atoms with E-state index in [9.17, 15) is 10.1 Å². The van der Waals surface area contributed by atoms with Crippen LogP contribution in [0, 0.1) is 10.1 Å². The van der Waals surface area contributed by atoms with E-state index in [0.717, 1.165) is 29.8 Å². The van der Waals surface area contributed by atoms with E-state index in [4.69, 9.17) is 9.41 Å². The van der Waals surface area contributed by atoms with Gasteiger partial charge in [0.2, 0.25) is 0 Å². The maximum atomic E-state index is 11.9. The van der Waals surface area contributed by atoms with Crippen LogP contribution in [0.3, 0.4) is 0 Å². The Kier molecular flexibility index (Phi) is 4.52. The Balaban J connectivity index is 1.64. The van der Waals surface area contributed by atoms with Crippen LogP contribution >= 0.6 is 0 Å². The molecule has 1 aliphatic heterocycles. The number of para-hydroxylation sites is 1. The lowest BCUT2D eigenvalue weighted by atomic mass is 9.65. The van der Waals surface area contributed by atoms with E-state index in [0.29, 0.717) is 22.7 Å². The minimum absolute atomic E-state index is 0.0415. The largest absolute Gasteiger partial charge is 0.442 e. The number of aromatic nitrogens is 3. The molecule has 1 saturated carbocycles. The van der Waals surface area contributed by atoms with Crippen LogP contribution in [0.5, 0.6) is 0 Å². The number of rotatable bonds is 4. The molecule has 1 atom stereocenters. The molecule has 0 saturated heterocycles. The molecule has 2 aliphatic rings. The summed E-state index contributed by atoms with van der Waals surface area (Å²) in [6, 6.07) is 12.9. The van der Waals surface area contributed by atoms with Crippen LogP contribution in [0.25, 0.3) is 17.1 Å². The molecule has 2 aromatic heterocycles. The van der Waals surface area contributed by atoms with Crippen molar-refractivity contribution in [1.82, 2.24) is 14.5 Å². The molecular weight excluding hydrogens is 430 g/mol. The first-order valence-corrected chi connectivity index (χ1v) is 11.4. The molecule has 1 aliphatic carbocycles. The lowest BCUT2D eigenvalue weighted by Crippen LogP contribution is -2.30. The van der Waals surface area contributed by atoms with Gasteiger partial charge in [-0.05, 0) is 48.9 Å². The first-order chi connectivity index (χ1) is 16.5. The van der Waals surface area contributed by atoms with E-state index in [1.165, 1.54) is 24.4 Å². The summed E-state index contributed by atoms with van der Waals surface area (Å²) in [7, 11) is 0. The van der Waals surface area contributed by atoms with Crippen molar-refractivity contribution in [2.24, 2.45) is 4.99 Å². The fourth-order valence-corrected chi connectivity index (χ4v) is 5.15. The highest BCUT2D eigenvalue weighted by atomic mass is 16.6. The van der Waals surface area contributed by atoms with Gasteiger partial charge in [-0.1, -0.05) is 31.5 Å². The van der Waals surface area contributed by atoms with E-state index < -0.39 is 0 Å². The summed E-state index contributed by atoms with van der Waals surface area (Å²) in [5.41, 5.74) is 5.79. The van der Waals surface area contributed by atoms with Crippen LogP contribution < -0.4 is 0 Å². The Hall–Kier alpha value is -4.07. The first-order valence-electron chi connectivity index (χ1n) is 11.4. The number of hydrogen-bond donors (Lipinski definition) is 0. The number of fused-ring (bicyclic) bond motifs is 3. The van der Waals surface area contributed by atoms with Crippen molar-refractivity contribution < 1.29 is 9.34 Å². The summed E-state index contributed by atoms with van der Waals surface area (Å²) in [6.45, 7) is 4.26. The molecule has 0 radical (unpaired) electrons. The van der Waals surface area contributed by atoms with Gasteiger partial charge in [0.05, 0.1) is 39.8 Å². The van der Waals surface area contributed by atoms with Gasteiger partial charge in [-0.15, -0.1) is 0 Å². The van der Waals surface area contributed by atoms with E-state index in [-0.39, 0.29) is 22.1 Å². The highest BCUT2D eigenvalue weighted by Gasteiger charge is 2.36. The molecule has 2 aromatic carbocycles. The van der Waals surface area contributed by atoms with Gasteiger partial charge >= 0.3 is 0 Å². The molecule has 0 N–H and O–H groups in total. The van der Waals surface area contributed by atoms with Crippen LogP contribution in [0.2, 0.25) is 0 Å². The number of nitro groups is 1. The quantitative estimate of drug-likeness (QED) is 0.288. The number of nitrogens with zero attached hydrogens (tertiary/aromatic N) is 5. The standard InChI is InChI=1S/C26H23N5O3/c1-16-25-24(22-13-27-15-34-22)28-14-30(25)20-9-8-17(26(2)10-5-11-26)12-19(20)23(29-16)18-6-3-4-7-21(18)31(32)33/h3-4,6-9,12-16H,5,10-11H2,1-2H3/t16-/m0/s1. The molecule has 0 amide bonds. The maximum absolute atomic E-state index is 11.9. The summed E-state index contributed by atoms with van der Waals surface area (Å²) in [4.78, 5) is 25.3. The van der Waals surface area contributed by atoms with Gasteiger partial charge in [-0.2, -0.15) is 0 Å². The highest BCUT2D eigenvalue weighted by Crippen LogP contribution is 2.45. The lowest BCUT2D eigenvalue weighted by molar-refractivity contribution is -0.385. The number of benzene rings is 2. The molecule has 4 aromatic rings. The Labute approximate surface area is 196 Å². The van der Waals surface area contributed by atoms with Crippen LogP contribution in [0.4, 0.5) is 5.69 Å². The summed E-state index contributed by atoms with van der Waals surface area (Å²) in [5.74, 6) is 0.560. The minimum atomic E-state index is -0.341. The average Bonchev–Trinajstić information content (AvgIpc) is 3.48. The molecule has 8 nitrogen and oxygen atoms in total. The van der Waals surface area contributed by atoms with Crippen LogP contribution in [-0.4, -0.2) is 25.2 Å². The molecule has 34 heavy (non-hydrogen) atoms. The fraction of sp³-hybridized carbons (Fsp3) is 0.269. The number of imidazole rings is 1. The van der Waals surface area contributed by atoms with Gasteiger partial charge in [0.25, 0.3) is 5.69 Å². The molecule has 8 heteroatoms. The fourth-order valence-electron chi connectivity index (χ4n) is 5.15. The summed E-state index contributed by atoms with van der Waals surface area (Å²) < 4.78 is 7.57. The second-order valence-corrected chi connectivity index (χ2v) is 9.29. The third-order valence-electron chi connectivity index (χ3n) is 7.21. The van der Waals surface area contributed by atoms with Crippen molar-refractivity contribution in [3.63, 3.8) is 0 Å². The molecule has 0 bridgehead atoms. The minimum Gasteiger partial charge on any atom is -0.442 e. The van der Waals surface area contributed by atoms with Crippen molar-refractivity contribution in [1.29, 1.82) is 0 Å². The monoisotopic (exact) mass is 453 g/mol. The van der Waals surface area contributed by atoms with E-state index in [1.807, 2.05) is 17.6 Å². The molecular formula is C26H23N5O3. The second kappa shape index (κ2) is 7.48. The molecule has 170 valence electrons. The summed E-state index contributed by atoms with van der Waals surface area (Å²) >= 11 is 0. The average molecular weight is 454 g/mol. The molecule has 0 spiro atoms. The Morgan fingerprint density at radius 1 is 1.18 bits per heavy atom. The van der Waals surface area contributed by atoms with Crippen molar-refractivity contribution in [3.05, 3.63) is 93.9 Å². The lowest BCUT2D eigenvalue weighted by Gasteiger charge is -2.39. The zero-order valence-corrected chi connectivity index (χ0v) is 18.9. The summed E-state index contributed by atoms with van der Waals surface area (Å²) in [6.07, 6.45) is 8.25. The molecule has 6 rings (SSSR count). The van der Waals surface area contributed by atoms with Crippen molar-refractivity contribution in [2.45, 2.75) is 44.6 Å². The normalized spacial score (nSPS) is 18.3. The number of nitro benzene ring substituents is 1. The second-order valence-electron chi connectivity index (χ2n) is 9.29. The molecule has 3 heterocycles. The number of aliphatic imine (C=N–C) groups is 1. The zero-order chi connectivity index (χ0) is 23.4. The summed E-state index contributed by atoms with van der Waals surface area (Å²) in [5, 5.41) is 11.9. The van der Waals surface area contributed by atoms with Crippen LogP contribution in [0.15, 0.2) is 70.8 Å². The maximum Gasteiger partial charge on any atom is 0.278 e. The topological polar surface area (TPSA) is 99.3 Å². The van der Waals surface area contributed by atoms with E-state index in [2.05, 4.69) is 35.1 Å². The number of hydrogen-bond acceptors (Lipinski definition) is 6. The molecule has 1 fully saturated rings. The van der Waals surface area contributed by atoms with Gasteiger partial charge in [0.15, 0.2) is 12.2 Å². The van der Waals surface area contributed by atoms with E-state index in [1.54, 1.807) is 24.7 Å². The predicted octanol–water partition coefficient (Wildman–Crippen LogP) is 5.79. The highest BCUT2D eigenvalue weighted by molar-refractivity contribution is 6.17. The zero-order valence-electron chi connectivity index (χ0n) is 18.9. The Bertz CT molecular complexity index is 1450. The van der Waals surface area contributed by atoms with Crippen LogP contribution in [-0.2, 0) is 5.41 Å². The van der Waals surface area contributed by atoms with Crippen LogP contribution in [0.1, 0.15) is 61.5 Å². The third kappa shape index (κ3) is 3.02. The van der Waals surface area contributed by atoms with Gasteiger partial charge in [0.1, 0.15) is 12.0 Å². The molecule has 0 unspecified atom stereocenters.